The molecule has 4 nitrogen and oxygen atoms in total. The van der Waals surface area contributed by atoms with Crippen molar-refractivity contribution in [1.82, 2.24) is 4.98 Å². The lowest BCUT2D eigenvalue weighted by atomic mass is 10.2. The van der Waals surface area contributed by atoms with Crippen molar-refractivity contribution >= 4 is 17.4 Å². The minimum Gasteiger partial charge on any atom is -0.397 e. The molecule has 1 rings (SSSR count). The van der Waals surface area contributed by atoms with Gasteiger partial charge in [-0.25, -0.2) is 4.98 Å². The second-order valence-corrected chi connectivity index (χ2v) is 3.58. The first-order valence-electron chi connectivity index (χ1n) is 4.53. The highest BCUT2D eigenvalue weighted by Crippen LogP contribution is 2.14. The molecule has 0 unspecified atom stereocenters. The molecule has 0 aliphatic carbocycles. The molecule has 0 aliphatic heterocycles. The molecular formula is C10H15N3O. The second kappa shape index (κ2) is 4.09. The Bertz CT molecular complexity index is 347. The van der Waals surface area contributed by atoms with Crippen LogP contribution in [0.4, 0.5) is 11.5 Å². The third-order valence-electron chi connectivity index (χ3n) is 1.87. The van der Waals surface area contributed by atoms with Crippen molar-refractivity contribution in [3.05, 3.63) is 17.8 Å². The largest absolute Gasteiger partial charge is 0.397 e. The first kappa shape index (κ1) is 10.5. The molecule has 1 aromatic heterocycles. The molecule has 0 radical (unpaired) electrons. The van der Waals surface area contributed by atoms with E-state index in [1.807, 2.05) is 20.8 Å². The number of amides is 1. The molecule has 0 atom stereocenters. The van der Waals surface area contributed by atoms with E-state index in [1.165, 1.54) is 6.20 Å². The predicted octanol–water partition coefficient (Wildman–Crippen LogP) is 1.57. The molecule has 1 aromatic rings. The summed E-state index contributed by atoms with van der Waals surface area (Å²) in [4.78, 5) is 15.4. The van der Waals surface area contributed by atoms with Gasteiger partial charge in [0.2, 0.25) is 5.91 Å². The Kier molecular flexibility index (Phi) is 3.06. The Labute approximate surface area is 83.5 Å². The Balaban J connectivity index is 2.82. The van der Waals surface area contributed by atoms with Crippen LogP contribution < -0.4 is 11.1 Å². The maximum atomic E-state index is 11.4. The number of nitrogens with two attached hydrogens (primary N) is 1. The van der Waals surface area contributed by atoms with Crippen LogP contribution in [0.5, 0.6) is 0 Å². The van der Waals surface area contributed by atoms with Gasteiger partial charge in [0.05, 0.1) is 11.9 Å². The van der Waals surface area contributed by atoms with Gasteiger partial charge in [0.25, 0.3) is 0 Å². The molecule has 76 valence electrons. The van der Waals surface area contributed by atoms with Gasteiger partial charge in [-0.15, -0.1) is 0 Å². The molecule has 0 fully saturated rings. The van der Waals surface area contributed by atoms with Crippen LogP contribution in [0, 0.1) is 12.8 Å². The molecule has 0 saturated carbocycles. The smallest absolute Gasteiger partial charge is 0.228 e. The summed E-state index contributed by atoms with van der Waals surface area (Å²) in [5.41, 5.74) is 7.02. The van der Waals surface area contributed by atoms with E-state index in [9.17, 15) is 4.79 Å². The van der Waals surface area contributed by atoms with Gasteiger partial charge in [0.1, 0.15) is 5.82 Å². The number of carbonyl (C=O) groups excluding carboxylic acids is 1. The fourth-order valence-electron chi connectivity index (χ4n) is 0.988. The van der Waals surface area contributed by atoms with Gasteiger partial charge in [-0.2, -0.15) is 0 Å². The Morgan fingerprint density at radius 3 is 2.71 bits per heavy atom. The first-order valence-corrected chi connectivity index (χ1v) is 4.53. The Morgan fingerprint density at radius 1 is 1.57 bits per heavy atom. The number of anilines is 2. The normalized spacial score (nSPS) is 10.3. The molecule has 1 heterocycles. The van der Waals surface area contributed by atoms with Crippen LogP contribution in [0.3, 0.4) is 0 Å². The van der Waals surface area contributed by atoms with Gasteiger partial charge >= 0.3 is 0 Å². The Hall–Kier alpha value is -1.58. The van der Waals surface area contributed by atoms with Gasteiger partial charge < -0.3 is 11.1 Å². The summed E-state index contributed by atoms with van der Waals surface area (Å²) in [6.45, 7) is 5.53. The van der Waals surface area contributed by atoms with Gasteiger partial charge in [-0.3, -0.25) is 4.79 Å². The molecule has 0 saturated heterocycles. The number of nitrogen functional groups attached to an aromatic ring is 1. The molecule has 0 spiro atoms. The summed E-state index contributed by atoms with van der Waals surface area (Å²) in [7, 11) is 0. The summed E-state index contributed by atoms with van der Waals surface area (Å²) in [6, 6.07) is 1.78. The first-order chi connectivity index (χ1) is 6.50. The maximum absolute atomic E-state index is 11.4. The van der Waals surface area contributed by atoms with Crippen LogP contribution in [-0.2, 0) is 4.79 Å². The second-order valence-electron chi connectivity index (χ2n) is 3.58. The van der Waals surface area contributed by atoms with Crippen molar-refractivity contribution in [2.75, 3.05) is 11.1 Å². The summed E-state index contributed by atoms with van der Waals surface area (Å²) in [6.07, 6.45) is 1.53. The van der Waals surface area contributed by atoms with Crippen LogP contribution in [0.25, 0.3) is 0 Å². The zero-order valence-corrected chi connectivity index (χ0v) is 8.66. The quantitative estimate of drug-likeness (QED) is 0.749. The van der Waals surface area contributed by atoms with Crippen molar-refractivity contribution in [3.8, 4) is 0 Å². The monoisotopic (exact) mass is 193 g/mol. The van der Waals surface area contributed by atoms with E-state index in [2.05, 4.69) is 10.3 Å². The lowest BCUT2D eigenvalue weighted by molar-refractivity contribution is -0.118. The van der Waals surface area contributed by atoms with Gasteiger partial charge in [-0.1, -0.05) is 13.8 Å². The SMILES string of the molecule is Cc1cc(N)cnc1NC(=O)C(C)C. The third kappa shape index (κ3) is 2.45. The number of aryl methyl sites for hydroxylation is 1. The fraction of sp³-hybridized carbons (Fsp3) is 0.400. The molecule has 4 heteroatoms. The predicted molar refractivity (Wildman–Crippen MR) is 56.9 cm³/mol. The van der Waals surface area contributed by atoms with Gasteiger partial charge in [0, 0.05) is 5.92 Å². The van der Waals surface area contributed by atoms with Crippen molar-refractivity contribution in [3.63, 3.8) is 0 Å². The molecular weight excluding hydrogens is 178 g/mol. The van der Waals surface area contributed by atoms with Gasteiger partial charge in [0.15, 0.2) is 0 Å². The lowest BCUT2D eigenvalue weighted by Crippen LogP contribution is -2.19. The number of nitrogens with zero attached hydrogens (tertiary/aromatic N) is 1. The zero-order chi connectivity index (χ0) is 10.7. The van der Waals surface area contributed by atoms with Gasteiger partial charge in [-0.05, 0) is 18.6 Å². The number of aromatic nitrogens is 1. The standard InChI is InChI=1S/C10H15N3O/c1-6(2)10(14)13-9-7(3)4-8(11)5-12-9/h4-6H,11H2,1-3H3,(H,12,13,14). The Morgan fingerprint density at radius 2 is 2.21 bits per heavy atom. The number of carbonyl (C=O) groups is 1. The number of hydrogen-bond donors (Lipinski definition) is 2. The lowest BCUT2D eigenvalue weighted by Gasteiger charge is -2.09. The summed E-state index contributed by atoms with van der Waals surface area (Å²) >= 11 is 0. The van der Waals surface area contributed by atoms with Crippen LogP contribution in [0.1, 0.15) is 19.4 Å². The zero-order valence-electron chi connectivity index (χ0n) is 8.66. The molecule has 1 amide bonds. The summed E-state index contributed by atoms with van der Waals surface area (Å²) < 4.78 is 0. The van der Waals surface area contributed by atoms with Crippen LogP contribution in [0.2, 0.25) is 0 Å². The fourth-order valence-corrected chi connectivity index (χ4v) is 0.988. The highest BCUT2D eigenvalue weighted by Gasteiger charge is 2.09. The van der Waals surface area contributed by atoms with E-state index in [1.54, 1.807) is 6.07 Å². The molecule has 3 N–H and O–H groups in total. The average Bonchev–Trinajstić information content (AvgIpc) is 2.09. The van der Waals surface area contributed by atoms with E-state index < -0.39 is 0 Å². The minimum absolute atomic E-state index is 0.0367. The molecule has 0 aliphatic rings. The summed E-state index contributed by atoms with van der Waals surface area (Å²) in [5, 5.41) is 2.73. The van der Waals surface area contributed by atoms with Crippen molar-refractivity contribution < 1.29 is 4.79 Å². The summed E-state index contributed by atoms with van der Waals surface area (Å²) in [5.74, 6) is 0.497. The van der Waals surface area contributed by atoms with Crippen molar-refractivity contribution in [2.45, 2.75) is 20.8 Å². The van der Waals surface area contributed by atoms with Crippen LogP contribution in [0.15, 0.2) is 12.3 Å². The highest BCUT2D eigenvalue weighted by atomic mass is 16.1. The molecule has 0 aromatic carbocycles. The van der Waals surface area contributed by atoms with E-state index in [0.717, 1.165) is 5.56 Å². The van der Waals surface area contributed by atoms with Crippen molar-refractivity contribution in [1.29, 1.82) is 0 Å². The number of nitrogens with one attached hydrogen (secondary N) is 1. The maximum Gasteiger partial charge on any atom is 0.228 e. The van der Waals surface area contributed by atoms with Crippen LogP contribution in [-0.4, -0.2) is 10.9 Å². The molecule has 14 heavy (non-hydrogen) atoms. The number of pyridine rings is 1. The number of hydrogen-bond acceptors (Lipinski definition) is 3. The van der Waals surface area contributed by atoms with E-state index in [0.29, 0.717) is 11.5 Å². The van der Waals surface area contributed by atoms with Crippen LogP contribution >= 0.6 is 0 Å². The average molecular weight is 193 g/mol. The topological polar surface area (TPSA) is 68.0 Å². The highest BCUT2D eigenvalue weighted by molar-refractivity contribution is 5.91. The van der Waals surface area contributed by atoms with E-state index in [-0.39, 0.29) is 11.8 Å². The van der Waals surface area contributed by atoms with Crippen molar-refractivity contribution in [2.24, 2.45) is 5.92 Å². The third-order valence-corrected chi connectivity index (χ3v) is 1.87. The van der Waals surface area contributed by atoms with E-state index >= 15 is 0 Å². The molecule has 0 bridgehead atoms. The number of rotatable bonds is 2. The minimum atomic E-state index is -0.0475. The van der Waals surface area contributed by atoms with E-state index in [4.69, 9.17) is 5.73 Å².